The van der Waals surface area contributed by atoms with Crippen LogP contribution in [0.1, 0.15) is 27.4 Å². The summed E-state index contributed by atoms with van der Waals surface area (Å²) in [6.45, 7) is 1.95. The number of nitrogens with zero attached hydrogens (tertiary/aromatic N) is 4. The third-order valence-corrected chi connectivity index (χ3v) is 4.27. The number of rotatable bonds is 5. The van der Waals surface area contributed by atoms with Crippen LogP contribution in [0.25, 0.3) is 0 Å². The van der Waals surface area contributed by atoms with Crippen LogP contribution in [0.15, 0.2) is 6.20 Å². The van der Waals surface area contributed by atoms with Crippen molar-refractivity contribution < 1.29 is 31.7 Å². The SMILES string of the molecule is Cc1nn(Cc2c(F)c(F)c(F)c(F)c2F)c(C)c1NC(=O)c1[nH]ncc1[N+](=O)[O-]. The van der Waals surface area contributed by atoms with Crippen LogP contribution in [-0.2, 0) is 6.54 Å². The molecule has 2 aromatic heterocycles. The second-order valence-electron chi connectivity index (χ2n) is 6.09. The zero-order valence-electron chi connectivity index (χ0n) is 15.2. The molecule has 0 radical (unpaired) electrons. The molecule has 0 saturated carbocycles. The number of aromatic amines is 1. The van der Waals surface area contributed by atoms with Crippen molar-refractivity contribution in [2.45, 2.75) is 20.4 Å². The molecule has 158 valence electrons. The van der Waals surface area contributed by atoms with Gasteiger partial charge in [0, 0.05) is 0 Å². The summed E-state index contributed by atoms with van der Waals surface area (Å²) in [4.78, 5) is 22.4. The van der Waals surface area contributed by atoms with Gasteiger partial charge in [0.2, 0.25) is 11.5 Å². The number of anilines is 1. The van der Waals surface area contributed by atoms with Crippen LogP contribution in [0.3, 0.4) is 0 Å². The first kappa shape index (κ1) is 20.9. The summed E-state index contributed by atoms with van der Waals surface area (Å²) in [5.41, 5.74) is -1.88. The maximum Gasteiger partial charge on any atom is 0.319 e. The van der Waals surface area contributed by atoms with Crippen LogP contribution in [0, 0.1) is 53.0 Å². The predicted molar refractivity (Wildman–Crippen MR) is 90.2 cm³/mol. The molecule has 9 nitrogen and oxygen atoms in total. The number of benzene rings is 1. The number of hydrogen-bond donors (Lipinski definition) is 2. The van der Waals surface area contributed by atoms with Crippen molar-refractivity contribution in [2.75, 3.05) is 5.32 Å². The van der Waals surface area contributed by atoms with Crippen molar-refractivity contribution in [3.63, 3.8) is 0 Å². The van der Waals surface area contributed by atoms with Crippen LogP contribution in [0.4, 0.5) is 33.3 Å². The number of halogens is 5. The smallest absolute Gasteiger partial charge is 0.317 e. The van der Waals surface area contributed by atoms with Gasteiger partial charge in [0.25, 0.3) is 5.91 Å². The number of amides is 1. The van der Waals surface area contributed by atoms with E-state index in [2.05, 4.69) is 20.6 Å². The molecule has 0 saturated heterocycles. The van der Waals surface area contributed by atoms with Crippen molar-refractivity contribution in [1.82, 2.24) is 20.0 Å². The van der Waals surface area contributed by atoms with E-state index in [0.29, 0.717) is 0 Å². The lowest BCUT2D eigenvalue weighted by Gasteiger charge is -2.10. The summed E-state index contributed by atoms with van der Waals surface area (Å²) in [6, 6.07) is 0. The highest BCUT2D eigenvalue weighted by Crippen LogP contribution is 2.27. The van der Waals surface area contributed by atoms with E-state index in [1.807, 2.05) is 0 Å². The van der Waals surface area contributed by atoms with Gasteiger partial charge in [0.15, 0.2) is 23.3 Å². The Morgan fingerprint density at radius 3 is 2.27 bits per heavy atom. The van der Waals surface area contributed by atoms with Gasteiger partial charge in [-0.15, -0.1) is 0 Å². The molecule has 0 fully saturated rings. The molecule has 3 rings (SSSR count). The van der Waals surface area contributed by atoms with Gasteiger partial charge in [0.1, 0.15) is 6.20 Å². The lowest BCUT2D eigenvalue weighted by Crippen LogP contribution is -2.16. The predicted octanol–water partition coefficient (Wildman–Crippen LogP) is 3.13. The first-order valence-electron chi connectivity index (χ1n) is 8.08. The molecule has 1 aromatic carbocycles. The second kappa shape index (κ2) is 7.53. The van der Waals surface area contributed by atoms with Crippen LogP contribution < -0.4 is 5.32 Å². The minimum atomic E-state index is -2.28. The normalized spacial score (nSPS) is 11.0. The number of carbonyl (C=O) groups excluding carboxylic acids is 1. The Labute approximate surface area is 163 Å². The van der Waals surface area contributed by atoms with Crippen LogP contribution in [-0.4, -0.2) is 30.8 Å². The molecule has 14 heteroatoms. The summed E-state index contributed by atoms with van der Waals surface area (Å²) in [6.07, 6.45) is 0.835. The number of aryl methyl sites for hydroxylation is 1. The van der Waals surface area contributed by atoms with Crippen LogP contribution in [0.2, 0.25) is 0 Å². The molecule has 2 N–H and O–H groups in total. The minimum Gasteiger partial charge on any atom is -0.317 e. The van der Waals surface area contributed by atoms with Gasteiger partial charge < -0.3 is 5.32 Å². The molecule has 0 aliphatic carbocycles. The van der Waals surface area contributed by atoms with Crippen LogP contribution >= 0.6 is 0 Å². The number of hydrogen-bond acceptors (Lipinski definition) is 5. The van der Waals surface area contributed by atoms with Gasteiger partial charge >= 0.3 is 5.69 Å². The highest BCUT2D eigenvalue weighted by atomic mass is 19.2. The zero-order chi connectivity index (χ0) is 22.3. The Morgan fingerprint density at radius 2 is 1.70 bits per heavy atom. The van der Waals surface area contributed by atoms with Crippen molar-refractivity contribution in [1.29, 1.82) is 0 Å². The molecule has 30 heavy (non-hydrogen) atoms. The summed E-state index contributed by atoms with van der Waals surface area (Å²) in [7, 11) is 0. The van der Waals surface area contributed by atoms with E-state index in [4.69, 9.17) is 0 Å². The van der Waals surface area contributed by atoms with Gasteiger partial charge in [-0.3, -0.25) is 24.7 Å². The summed E-state index contributed by atoms with van der Waals surface area (Å²) in [5, 5.41) is 22.8. The van der Waals surface area contributed by atoms with E-state index in [1.165, 1.54) is 13.8 Å². The number of H-pyrrole nitrogens is 1. The quantitative estimate of drug-likeness (QED) is 0.212. The standard InChI is InChI=1S/C16H11F5N6O3/c1-5-14(23-16(28)15-8(27(29)30)3-22-24-15)6(2)26(25-5)4-7-9(17)11(19)13(21)12(20)10(7)18/h3H,4H2,1-2H3,(H,22,24)(H,23,28). The van der Waals surface area contributed by atoms with E-state index >= 15 is 0 Å². The summed E-state index contributed by atoms with van der Waals surface area (Å²) >= 11 is 0. The Morgan fingerprint density at radius 1 is 1.13 bits per heavy atom. The average Bonchev–Trinajstić information content (AvgIpc) is 3.29. The van der Waals surface area contributed by atoms with Crippen LogP contribution in [0.5, 0.6) is 0 Å². The monoisotopic (exact) mass is 430 g/mol. The molecule has 0 aliphatic rings. The van der Waals surface area contributed by atoms with E-state index < -0.39 is 63.4 Å². The van der Waals surface area contributed by atoms with E-state index in [0.717, 1.165) is 10.9 Å². The fourth-order valence-electron chi connectivity index (χ4n) is 2.73. The molecule has 0 unspecified atom stereocenters. The van der Waals surface area contributed by atoms with E-state index in [1.54, 1.807) is 0 Å². The lowest BCUT2D eigenvalue weighted by molar-refractivity contribution is -0.385. The first-order chi connectivity index (χ1) is 14.0. The molecule has 0 atom stereocenters. The summed E-state index contributed by atoms with van der Waals surface area (Å²) < 4.78 is 68.8. The number of carbonyl (C=O) groups is 1. The third-order valence-electron chi connectivity index (χ3n) is 4.27. The average molecular weight is 430 g/mol. The Kier molecular flexibility index (Phi) is 5.24. The zero-order valence-corrected chi connectivity index (χ0v) is 15.2. The maximum atomic E-state index is 13.9. The molecular formula is C16H11F5N6O3. The fourth-order valence-corrected chi connectivity index (χ4v) is 2.73. The van der Waals surface area contributed by atoms with Gasteiger partial charge in [0.05, 0.1) is 34.1 Å². The highest BCUT2D eigenvalue weighted by Gasteiger charge is 2.28. The number of aromatic nitrogens is 4. The molecular weight excluding hydrogens is 419 g/mol. The van der Waals surface area contributed by atoms with Crippen molar-refractivity contribution in [3.05, 3.63) is 68.0 Å². The largest absolute Gasteiger partial charge is 0.319 e. The van der Waals surface area contributed by atoms with E-state index in [-0.39, 0.29) is 17.1 Å². The van der Waals surface area contributed by atoms with E-state index in [9.17, 15) is 36.9 Å². The Hall–Kier alpha value is -3.84. The van der Waals surface area contributed by atoms with Gasteiger partial charge in [-0.05, 0) is 13.8 Å². The fraction of sp³-hybridized carbons (Fsp3) is 0.188. The molecule has 2 heterocycles. The molecule has 3 aromatic rings. The van der Waals surface area contributed by atoms with Gasteiger partial charge in [-0.1, -0.05) is 0 Å². The first-order valence-corrected chi connectivity index (χ1v) is 8.08. The Balaban J connectivity index is 1.95. The van der Waals surface area contributed by atoms with Crippen molar-refractivity contribution in [2.24, 2.45) is 0 Å². The second-order valence-corrected chi connectivity index (χ2v) is 6.09. The third kappa shape index (κ3) is 3.35. The van der Waals surface area contributed by atoms with Crippen molar-refractivity contribution >= 4 is 17.3 Å². The maximum absolute atomic E-state index is 13.9. The van der Waals surface area contributed by atoms with Gasteiger partial charge in [-0.2, -0.15) is 10.2 Å². The van der Waals surface area contributed by atoms with Gasteiger partial charge in [-0.25, -0.2) is 22.0 Å². The molecule has 0 bridgehead atoms. The Bertz CT molecular complexity index is 1160. The lowest BCUT2D eigenvalue weighted by atomic mass is 10.1. The molecule has 0 aliphatic heterocycles. The number of nitro groups is 1. The summed E-state index contributed by atoms with van der Waals surface area (Å²) in [5.74, 6) is -11.4. The topological polar surface area (TPSA) is 119 Å². The molecule has 0 spiro atoms. The highest BCUT2D eigenvalue weighted by molar-refractivity contribution is 6.06. The van der Waals surface area contributed by atoms with Crippen molar-refractivity contribution in [3.8, 4) is 0 Å². The minimum absolute atomic E-state index is 0.0350. The molecule has 1 amide bonds. The number of nitrogens with one attached hydrogen (secondary N) is 2.